The summed E-state index contributed by atoms with van der Waals surface area (Å²) in [6.07, 6.45) is 3.34. The second-order valence-corrected chi connectivity index (χ2v) is 9.26. The summed E-state index contributed by atoms with van der Waals surface area (Å²) in [5.41, 5.74) is 0.969. The molecule has 0 bridgehead atoms. The van der Waals surface area contributed by atoms with E-state index in [0.29, 0.717) is 17.3 Å². The standard InChI is InChI=1S/C16H20N4O3S2/c1-10(24-16-18-17-11(2)20(16)14-8-9-14)15(21)12-4-6-13(7-5-12)19-25(3,22)23/h4-7,10,14,19H,8-9H2,1-3H3/t10-/m0/s1. The van der Waals surface area contributed by atoms with Crippen molar-refractivity contribution in [3.05, 3.63) is 35.7 Å². The van der Waals surface area contributed by atoms with Crippen LogP contribution >= 0.6 is 11.8 Å². The van der Waals surface area contributed by atoms with Crippen LogP contribution in [0.15, 0.2) is 29.4 Å². The Kier molecular flexibility index (Phi) is 4.88. The molecule has 1 saturated carbocycles. The van der Waals surface area contributed by atoms with Crippen LogP contribution in [0.2, 0.25) is 0 Å². The Bertz CT molecular complexity index is 887. The molecule has 25 heavy (non-hydrogen) atoms. The molecule has 0 amide bonds. The zero-order valence-corrected chi connectivity index (χ0v) is 15.9. The van der Waals surface area contributed by atoms with Gasteiger partial charge in [-0.25, -0.2) is 8.42 Å². The zero-order chi connectivity index (χ0) is 18.2. The second-order valence-electron chi connectivity index (χ2n) is 6.21. The number of nitrogens with one attached hydrogen (secondary N) is 1. The molecule has 0 spiro atoms. The number of Topliss-reactive ketones (excluding diaryl/α,β-unsaturated/α-hetero) is 1. The Labute approximate surface area is 151 Å². The van der Waals surface area contributed by atoms with Crippen molar-refractivity contribution in [1.29, 1.82) is 0 Å². The zero-order valence-electron chi connectivity index (χ0n) is 14.3. The lowest BCUT2D eigenvalue weighted by Gasteiger charge is -2.12. The van der Waals surface area contributed by atoms with Crippen molar-refractivity contribution in [2.45, 2.75) is 43.1 Å². The molecule has 0 aliphatic heterocycles. The van der Waals surface area contributed by atoms with Gasteiger partial charge in [0.1, 0.15) is 5.82 Å². The number of hydrogen-bond donors (Lipinski definition) is 1. The highest BCUT2D eigenvalue weighted by molar-refractivity contribution is 8.00. The molecule has 2 aromatic rings. The van der Waals surface area contributed by atoms with Crippen LogP contribution in [0, 0.1) is 6.92 Å². The van der Waals surface area contributed by atoms with Crippen LogP contribution in [0.1, 0.15) is 42.0 Å². The molecule has 1 fully saturated rings. The number of aromatic nitrogens is 3. The number of ketones is 1. The summed E-state index contributed by atoms with van der Waals surface area (Å²) in [4.78, 5) is 12.6. The van der Waals surface area contributed by atoms with Gasteiger partial charge < -0.3 is 4.57 Å². The summed E-state index contributed by atoms with van der Waals surface area (Å²) in [6.45, 7) is 3.77. The largest absolute Gasteiger partial charge is 0.303 e. The maximum absolute atomic E-state index is 12.6. The van der Waals surface area contributed by atoms with Crippen molar-refractivity contribution in [1.82, 2.24) is 14.8 Å². The first kappa shape index (κ1) is 17.9. The van der Waals surface area contributed by atoms with Gasteiger partial charge in [0.05, 0.1) is 11.5 Å². The predicted molar refractivity (Wildman–Crippen MR) is 97.6 cm³/mol. The van der Waals surface area contributed by atoms with Crippen LogP contribution in [-0.4, -0.2) is 40.5 Å². The minimum atomic E-state index is -3.33. The number of aryl methyl sites for hydroxylation is 1. The Morgan fingerprint density at radius 1 is 1.28 bits per heavy atom. The van der Waals surface area contributed by atoms with Crippen LogP contribution in [0.4, 0.5) is 5.69 Å². The van der Waals surface area contributed by atoms with Crippen molar-refractivity contribution in [3.63, 3.8) is 0 Å². The molecule has 0 saturated heterocycles. The van der Waals surface area contributed by atoms with E-state index in [0.717, 1.165) is 30.1 Å². The van der Waals surface area contributed by atoms with Crippen LogP contribution in [0.25, 0.3) is 0 Å². The van der Waals surface area contributed by atoms with Crippen molar-refractivity contribution in [2.24, 2.45) is 0 Å². The second kappa shape index (κ2) is 6.80. The highest BCUT2D eigenvalue weighted by Gasteiger charge is 2.30. The van der Waals surface area contributed by atoms with E-state index < -0.39 is 10.0 Å². The van der Waals surface area contributed by atoms with Crippen molar-refractivity contribution in [2.75, 3.05) is 11.0 Å². The molecule has 1 aromatic heterocycles. The number of nitrogens with zero attached hydrogens (tertiary/aromatic N) is 3. The fraction of sp³-hybridized carbons (Fsp3) is 0.438. The van der Waals surface area contributed by atoms with Crippen LogP contribution in [0.3, 0.4) is 0 Å². The highest BCUT2D eigenvalue weighted by atomic mass is 32.2. The van der Waals surface area contributed by atoms with Crippen LogP contribution in [-0.2, 0) is 10.0 Å². The number of thioether (sulfide) groups is 1. The van der Waals surface area contributed by atoms with Crippen molar-refractivity contribution in [3.8, 4) is 0 Å². The Morgan fingerprint density at radius 2 is 1.92 bits per heavy atom. The van der Waals surface area contributed by atoms with Gasteiger partial charge in [0.15, 0.2) is 10.9 Å². The van der Waals surface area contributed by atoms with Gasteiger partial charge in [0, 0.05) is 17.3 Å². The lowest BCUT2D eigenvalue weighted by atomic mass is 10.1. The molecule has 1 heterocycles. The topological polar surface area (TPSA) is 94.0 Å². The molecular formula is C16H20N4O3S2. The lowest BCUT2D eigenvalue weighted by molar-refractivity contribution is 0.0994. The van der Waals surface area contributed by atoms with Gasteiger partial charge >= 0.3 is 0 Å². The number of hydrogen-bond acceptors (Lipinski definition) is 6. The van der Waals surface area contributed by atoms with Crippen molar-refractivity contribution < 1.29 is 13.2 Å². The predicted octanol–water partition coefficient (Wildman–Crippen LogP) is 2.66. The smallest absolute Gasteiger partial charge is 0.229 e. The van der Waals surface area contributed by atoms with Crippen LogP contribution in [0.5, 0.6) is 0 Å². The monoisotopic (exact) mass is 380 g/mol. The third kappa shape index (κ3) is 4.40. The van der Waals surface area contributed by atoms with Gasteiger partial charge in [0.25, 0.3) is 0 Å². The molecular weight excluding hydrogens is 360 g/mol. The number of carbonyl (C=O) groups excluding carboxylic acids is 1. The minimum Gasteiger partial charge on any atom is -0.303 e. The third-order valence-electron chi connectivity index (χ3n) is 3.87. The molecule has 134 valence electrons. The number of rotatable bonds is 7. The first-order valence-electron chi connectivity index (χ1n) is 7.95. The normalized spacial score (nSPS) is 15.8. The average molecular weight is 380 g/mol. The fourth-order valence-electron chi connectivity index (χ4n) is 2.55. The van der Waals surface area contributed by atoms with Crippen LogP contribution < -0.4 is 4.72 Å². The molecule has 1 aromatic carbocycles. The van der Waals surface area contributed by atoms with Gasteiger partial charge in [-0.05, 0) is 51.0 Å². The SMILES string of the molecule is Cc1nnc(S[C@@H](C)C(=O)c2ccc(NS(C)(=O)=O)cc2)n1C1CC1. The highest BCUT2D eigenvalue weighted by Crippen LogP contribution is 2.39. The molecule has 9 heteroatoms. The van der Waals surface area contributed by atoms with Gasteiger partial charge in [-0.3, -0.25) is 9.52 Å². The maximum atomic E-state index is 12.6. The number of anilines is 1. The van der Waals surface area contributed by atoms with Gasteiger partial charge in [-0.1, -0.05) is 11.8 Å². The molecule has 1 atom stereocenters. The van der Waals surface area contributed by atoms with E-state index in [4.69, 9.17) is 0 Å². The van der Waals surface area contributed by atoms with Gasteiger partial charge in [0.2, 0.25) is 10.0 Å². The van der Waals surface area contributed by atoms with E-state index in [9.17, 15) is 13.2 Å². The number of sulfonamides is 1. The summed E-state index contributed by atoms with van der Waals surface area (Å²) in [5.74, 6) is 0.847. The molecule has 0 radical (unpaired) electrons. The first-order chi connectivity index (χ1) is 11.7. The Balaban J connectivity index is 1.70. The maximum Gasteiger partial charge on any atom is 0.229 e. The number of benzene rings is 1. The molecule has 1 N–H and O–H groups in total. The van der Waals surface area contributed by atoms with E-state index in [1.165, 1.54) is 11.8 Å². The van der Waals surface area contributed by atoms with E-state index in [2.05, 4.69) is 19.5 Å². The molecule has 1 aliphatic rings. The lowest BCUT2D eigenvalue weighted by Crippen LogP contribution is -2.15. The van der Waals surface area contributed by atoms with Gasteiger partial charge in [-0.2, -0.15) is 0 Å². The minimum absolute atomic E-state index is 0.0288. The first-order valence-corrected chi connectivity index (χ1v) is 10.7. The summed E-state index contributed by atoms with van der Waals surface area (Å²) < 4.78 is 26.9. The summed E-state index contributed by atoms with van der Waals surface area (Å²) >= 11 is 1.40. The number of carbonyl (C=O) groups is 1. The quantitative estimate of drug-likeness (QED) is 0.586. The van der Waals surface area contributed by atoms with E-state index in [1.807, 2.05) is 13.8 Å². The van der Waals surface area contributed by atoms with E-state index in [-0.39, 0.29) is 11.0 Å². The fourth-order valence-corrected chi connectivity index (χ4v) is 4.15. The molecule has 0 unspecified atom stereocenters. The third-order valence-corrected chi connectivity index (χ3v) is 5.53. The molecule has 1 aliphatic carbocycles. The summed E-state index contributed by atoms with van der Waals surface area (Å²) in [7, 11) is -3.33. The van der Waals surface area contributed by atoms with Gasteiger partial charge in [-0.15, -0.1) is 10.2 Å². The Morgan fingerprint density at radius 3 is 2.48 bits per heavy atom. The molecule has 3 rings (SSSR count). The Hall–Kier alpha value is -1.87. The van der Waals surface area contributed by atoms with E-state index in [1.54, 1.807) is 24.3 Å². The molecule has 7 nitrogen and oxygen atoms in total. The van der Waals surface area contributed by atoms with E-state index >= 15 is 0 Å². The summed E-state index contributed by atoms with van der Waals surface area (Å²) in [6, 6.07) is 6.89. The summed E-state index contributed by atoms with van der Waals surface area (Å²) in [5, 5.41) is 8.78. The van der Waals surface area contributed by atoms with Crippen molar-refractivity contribution >= 4 is 33.3 Å². The average Bonchev–Trinajstić information content (AvgIpc) is 3.30.